The second-order valence-electron chi connectivity index (χ2n) is 4.59. The van der Waals surface area contributed by atoms with Gasteiger partial charge in [0.25, 0.3) is 0 Å². The van der Waals surface area contributed by atoms with Crippen molar-refractivity contribution in [3.8, 4) is 0 Å². The molecule has 0 spiro atoms. The van der Waals surface area contributed by atoms with Crippen molar-refractivity contribution < 1.29 is 39.5 Å². The van der Waals surface area contributed by atoms with Crippen LogP contribution in [0.2, 0.25) is 0 Å². The first-order valence-corrected chi connectivity index (χ1v) is 6.41. The molecule has 2 N–H and O–H groups in total. The predicted octanol–water partition coefficient (Wildman–Crippen LogP) is 4.11. The average Bonchev–Trinajstić information content (AvgIpc) is 2.35. The van der Waals surface area contributed by atoms with Crippen molar-refractivity contribution in [2.24, 2.45) is 0 Å². The Labute approximate surface area is 133 Å². The summed E-state index contributed by atoms with van der Waals surface area (Å²) < 4.78 is 113. The number of nitrogens with one attached hydrogen (secondary N) is 2. The highest BCUT2D eigenvalue weighted by Crippen LogP contribution is 2.53. The summed E-state index contributed by atoms with van der Waals surface area (Å²) in [7, 11) is 0. The van der Waals surface area contributed by atoms with Crippen LogP contribution in [-0.4, -0.2) is 45.4 Å². The van der Waals surface area contributed by atoms with E-state index in [1.54, 1.807) is 0 Å². The summed E-state index contributed by atoms with van der Waals surface area (Å²) in [6.45, 7) is 0.313. The lowest BCUT2D eigenvalue weighted by Gasteiger charge is -2.33. The molecule has 0 aliphatic heterocycles. The van der Waals surface area contributed by atoms with Crippen LogP contribution in [0, 0.1) is 11.7 Å². The van der Waals surface area contributed by atoms with Crippen molar-refractivity contribution in [1.29, 1.82) is 0 Å². The van der Waals surface area contributed by atoms with Crippen LogP contribution in [0.5, 0.6) is 0 Å². The largest absolute Gasteiger partial charge is 0.460 e. The van der Waals surface area contributed by atoms with E-state index < -0.39 is 36.9 Å². The van der Waals surface area contributed by atoms with Crippen molar-refractivity contribution in [1.82, 2.24) is 15.0 Å². The Morgan fingerprint density at radius 1 is 0.958 bits per heavy atom. The number of nitrogens with zero attached hydrogens (tertiary/aromatic N) is 2. The molecule has 138 valence electrons. The molecule has 0 atom stereocenters. The van der Waals surface area contributed by atoms with Gasteiger partial charge in [-0.3, -0.25) is 0 Å². The highest BCUT2D eigenvalue weighted by molar-refractivity contribution is 7.71. The molecule has 0 unspecified atom stereocenters. The van der Waals surface area contributed by atoms with Crippen LogP contribution in [0.15, 0.2) is 0 Å². The van der Waals surface area contributed by atoms with Gasteiger partial charge in [0.2, 0.25) is 10.7 Å². The minimum absolute atomic E-state index is 0.179. The highest BCUT2D eigenvalue weighted by atomic mass is 32.1. The van der Waals surface area contributed by atoms with Gasteiger partial charge in [-0.15, -0.1) is 0 Å². The first-order valence-electron chi connectivity index (χ1n) is 6.01. The van der Waals surface area contributed by atoms with Crippen LogP contribution in [0.1, 0.15) is 12.2 Å². The zero-order valence-corrected chi connectivity index (χ0v) is 12.4. The lowest BCUT2D eigenvalue weighted by atomic mass is 10.0. The van der Waals surface area contributed by atoms with E-state index in [1.165, 1.54) is 6.92 Å². The first-order chi connectivity index (χ1) is 10.6. The molecule has 24 heavy (non-hydrogen) atoms. The quantitative estimate of drug-likeness (QED) is 0.569. The van der Waals surface area contributed by atoms with E-state index in [0.29, 0.717) is 0 Å². The third-order valence-electron chi connectivity index (χ3n) is 2.71. The number of aromatic amines is 1. The molecule has 0 aliphatic rings. The number of hydrogen-bond acceptors (Lipinski definition) is 4. The smallest absolute Gasteiger partial charge is 0.355 e. The van der Waals surface area contributed by atoms with Gasteiger partial charge >= 0.3 is 23.9 Å². The maximum absolute atomic E-state index is 13.3. The van der Waals surface area contributed by atoms with Crippen LogP contribution >= 0.6 is 12.2 Å². The van der Waals surface area contributed by atoms with E-state index in [2.05, 4.69) is 27.2 Å². The summed E-state index contributed by atoms with van der Waals surface area (Å²) in [5.74, 6) is -19.3. The van der Waals surface area contributed by atoms with Crippen molar-refractivity contribution in [2.45, 2.75) is 37.3 Å². The van der Waals surface area contributed by atoms with Gasteiger partial charge in [-0.2, -0.15) is 44.5 Å². The minimum atomic E-state index is -6.89. The van der Waals surface area contributed by atoms with Gasteiger partial charge in [-0.05, 0) is 19.1 Å². The van der Waals surface area contributed by atoms with Crippen molar-refractivity contribution in [3.63, 3.8) is 0 Å². The Hall–Kier alpha value is -1.60. The summed E-state index contributed by atoms with van der Waals surface area (Å²) >= 11 is 4.59. The summed E-state index contributed by atoms with van der Waals surface area (Å²) in [4.78, 5) is 9.45. The SMILES string of the molecule is Cc1nc(=S)nc(NCCC(F)(F)C(F)(F)C(F)(F)C(F)(F)F)[nH]1. The fourth-order valence-corrected chi connectivity index (χ4v) is 1.71. The molecule has 0 amide bonds. The molecule has 4 nitrogen and oxygen atoms in total. The molecule has 1 rings (SSSR count). The average molecular weight is 388 g/mol. The molecule has 1 aromatic heterocycles. The van der Waals surface area contributed by atoms with Gasteiger partial charge in [0.1, 0.15) is 5.82 Å². The van der Waals surface area contributed by atoms with Crippen LogP contribution in [0.4, 0.5) is 45.5 Å². The van der Waals surface area contributed by atoms with Crippen molar-refractivity contribution in [3.05, 3.63) is 10.6 Å². The van der Waals surface area contributed by atoms with Crippen LogP contribution < -0.4 is 5.32 Å². The second-order valence-corrected chi connectivity index (χ2v) is 4.96. The lowest BCUT2D eigenvalue weighted by molar-refractivity contribution is -0.396. The predicted molar refractivity (Wildman–Crippen MR) is 66.0 cm³/mol. The Kier molecular flexibility index (Phi) is 5.42. The third-order valence-corrected chi connectivity index (χ3v) is 2.89. The standard InChI is InChI=1S/C10H9F9N4S/c1-4-21-5(23-6(24)22-4)20-3-2-7(11,12)8(13,14)9(15,16)10(17,18)19/h2-3H2,1H3,(H2,20,21,22,23,24). The van der Waals surface area contributed by atoms with Crippen molar-refractivity contribution in [2.75, 3.05) is 11.9 Å². The third kappa shape index (κ3) is 3.89. The molecular weight excluding hydrogens is 379 g/mol. The Bertz CT molecular complexity index is 640. The molecule has 0 saturated carbocycles. The Balaban J connectivity index is 2.87. The Morgan fingerprint density at radius 2 is 1.50 bits per heavy atom. The zero-order chi connectivity index (χ0) is 19.0. The maximum atomic E-state index is 13.3. The highest BCUT2D eigenvalue weighted by Gasteiger charge is 2.81. The normalized spacial score (nSPS) is 13.9. The molecule has 0 saturated heterocycles. The topological polar surface area (TPSA) is 53.6 Å². The summed E-state index contributed by atoms with van der Waals surface area (Å²) in [5.41, 5.74) is 0. The van der Waals surface area contributed by atoms with E-state index in [0.717, 1.165) is 0 Å². The summed E-state index contributed by atoms with van der Waals surface area (Å²) in [6.07, 6.45) is -8.85. The van der Waals surface area contributed by atoms with Crippen LogP contribution in [0.3, 0.4) is 0 Å². The number of hydrogen-bond donors (Lipinski definition) is 2. The fourth-order valence-electron chi connectivity index (χ4n) is 1.48. The van der Waals surface area contributed by atoms with Gasteiger partial charge < -0.3 is 10.3 Å². The number of halogens is 9. The lowest BCUT2D eigenvalue weighted by Crippen LogP contribution is -2.61. The van der Waals surface area contributed by atoms with Gasteiger partial charge in [0.05, 0.1) is 0 Å². The molecule has 0 aliphatic carbocycles. The minimum Gasteiger partial charge on any atom is -0.355 e. The van der Waals surface area contributed by atoms with Crippen LogP contribution in [-0.2, 0) is 0 Å². The van der Waals surface area contributed by atoms with E-state index in [9.17, 15) is 39.5 Å². The number of aromatic nitrogens is 3. The summed E-state index contributed by atoms with van der Waals surface area (Å²) in [5, 5.41) is 2.03. The van der Waals surface area contributed by atoms with Gasteiger partial charge in [-0.25, -0.2) is 4.98 Å². The second kappa shape index (κ2) is 6.37. The van der Waals surface area contributed by atoms with E-state index in [4.69, 9.17) is 0 Å². The van der Waals surface area contributed by atoms with Crippen LogP contribution in [0.25, 0.3) is 0 Å². The Morgan fingerprint density at radius 3 is 1.96 bits per heavy atom. The number of rotatable bonds is 6. The molecule has 14 heteroatoms. The molecule has 0 radical (unpaired) electrons. The number of aryl methyl sites for hydroxylation is 1. The molecule has 0 aromatic carbocycles. The van der Waals surface area contributed by atoms with Gasteiger partial charge in [0, 0.05) is 13.0 Å². The first kappa shape index (κ1) is 20.4. The van der Waals surface area contributed by atoms with E-state index in [-0.39, 0.29) is 16.5 Å². The number of H-pyrrole nitrogens is 1. The maximum Gasteiger partial charge on any atom is 0.460 e. The van der Waals surface area contributed by atoms with E-state index >= 15 is 0 Å². The molecule has 1 heterocycles. The zero-order valence-electron chi connectivity index (χ0n) is 11.6. The number of anilines is 1. The van der Waals surface area contributed by atoms with Gasteiger partial charge in [-0.1, -0.05) is 0 Å². The van der Waals surface area contributed by atoms with Crippen molar-refractivity contribution >= 4 is 18.2 Å². The number of alkyl halides is 9. The van der Waals surface area contributed by atoms with E-state index in [1.807, 2.05) is 5.32 Å². The summed E-state index contributed by atoms with van der Waals surface area (Å²) in [6, 6.07) is 0. The molecule has 0 fully saturated rings. The molecule has 1 aromatic rings. The molecule has 0 bridgehead atoms. The fraction of sp³-hybridized carbons (Fsp3) is 0.700. The molecular formula is C10H9F9N4S. The monoisotopic (exact) mass is 388 g/mol. The van der Waals surface area contributed by atoms with Gasteiger partial charge in [0.15, 0.2) is 0 Å².